The van der Waals surface area contributed by atoms with Crippen molar-refractivity contribution < 1.29 is 14.3 Å². The van der Waals surface area contributed by atoms with Crippen molar-refractivity contribution in [3.8, 4) is 0 Å². The van der Waals surface area contributed by atoms with Gasteiger partial charge in [0.05, 0.1) is 10.6 Å². The second-order valence-corrected chi connectivity index (χ2v) is 3.09. The first kappa shape index (κ1) is 11.3. The van der Waals surface area contributed by atoms with E-state index in [1.165, 1.54) is 12.1 Å². The monoisotopic (exact) mass is 225 g/mol. The van der Waals surface area contributed by atoms with E-state index >= 15 is 0 Å². The molecule has 0 saturated heterocycles. The summed E-state index contributed by atoms with van der Waals surface area (Å²) in [5.74, 6) is -1.82. The number of halogens is 1. The topological polar surface area (TPSA) is 69.4 Å². The number of hydrogen-bond acceptors (Lipinski definition) is 4. The largest absolute Gasteiger partial charge is 0.393 e. The first-order valence-electron chi connectivity index (χ1n) is 3.98. The third-order valence-electron chi connectivity index (χ3n) is 1.54. The number of esters is 2. The Morgan fingerprint density at radius 3 is 2.47 bits per heavy atom. The quantitative estimate of drug-likeness (QED) is 0.470. The first-order valence-corrected chi connectivity index (χ1v) is 4.35. The molecule has 0 amide bonds. The van der Waals surface area contributed by atoms with Gasteiger partial charge in [-0.2, -0.15) is 0 Å². The molecule has 0 fully saturated rings. The van der Waals surface area contributed by atoms with Gasteiger partial charge in [-0.3, -0.25) is 0 Å². The molecule has 0 aromatic heterocycles. The second-order valence-electron chi connectivity index (χ2n) is 2.68. The molecule has 0 aliphatic carbocycles. The standard InChI is InChI=1S/C10H8ClNO3/c1-6(12)9(13)15-10(14)7-4-2-3-5-8(7)11/h2-5H,1,12H2. The maximum atomic E-state index is 11.4. The molecule has 1 aromatic rings. The molecule has 0 atom stereocenters. The molecule has 0 unspecified atom stereocenters. The first-order chi connectivity index (χ1) is 7.02. The van der Waals surface area contributed by atoms with Crippen LogP contribution >= 0.6 is 11.6 Å². The highest BCUT2D eigenvalue weighted by atomic mass is 35.5. The fourth-order valence-corrected chi connectivity index (χ4v) is 1.04. The Balaban J connectivity index is 2.83. The number of nitrogens with two attached hydrogens (primary N) is 1. The molecule has 1 rings (SSSR count). The lowest BCUT2D eigenvalue weighted by atomic mass is 10.2. The molecule has 0 radical (unpaired) electrons. The molecule has 0 aliphatic heterocycles. The smallest absolute Gasteiger partial charge is 0.361 e. The summed E-state index contributed by atoms with van der Waals surface area (Å²) in [6.45, 7) is 3.14. The minimum absolute atomic E-state index is 0.105. The van der Waals surface area contributed by atoms with Gasteiger partial charge in [0.2, 0.25) is 0 Å². The van der Waals surface area contributed by atoms with Crippen LogP contribution in [0.1, 0.15) is 10.4 Å². The Morgan fingerprint density at radius 1 is 1.33 bits per heavy atom. The Hall–Kier alpha value is -1.81. The molecule has 1 aromatic carbocycles. The van der Waals surface area contributed by atoms with Gasteiger partial charge < -0.3 is 10.5 Å². The Morgan fingerprint density at radius 2 is 1.93 bits per heavy atom. The molecule has 0 spiro atoms. The Labute approximate surface area is 91.3 Å². The normalized spacial score (nSPS) is 9.40. The van der Waals surface area contributed by atoms with Crippen LogP contribution in [0.2, 0.25) is 5.02 Å². The number of ether oxygens (including phenoxy) is 1. The van der Waals surface area contributed by atoms with E-state index in [1.54, 1.807) is 12.1 Å². The van der Waals surface area contributed by atoms with Gasteiger partial charge in [-0.25, -0.2) is 9.59 Å². The van der Waals surface area contributed by atoms with Gasteiger partial charge in [0, 0.05) is 0 Å². The van der Waals surface area contributed by atoms with E-state index < -0.39 is 11.9 Å². The minimum atomic E-state index is -0.972. The van der Waals surface area contributed by atoms with Crippen LogP contribution < -0.4 is 5.73 Å². The molecular weight excluding hydrogens is 218 g/mol. The molecule has 0 aliphatic rings. The summed E-state index contributed by atoms with van der Waals surface area (Å²) in [5, 5.41) is 0.206. The number of carbonyl (C=O) groups is 2. The summed E-state index contributed by atoms with van der Waals surface area (Å²) in [6, 6.07) is 6.21. The van der Waals surface area contributed by atoms with Crippen LogP contribution in [0.4, 0.5) is 0 Å². The third kappa shape index (κ3) is 2.82. The molecule has 2 N–H and O–H groups in total. The second kappa shape index (κ2) is 4.61. The van der Waals surface area contributed by atoms with E-state index in [1.807, 2.05) is 0 Å². The van der Waals surface area contributed by atoms with Crippen molar-refractivity contribution in [3.63, 3.8) is 0 Å². The lowest BCUT2D eigenvalue weighted by Gasteiger charge is -2.03. The van der Waals surface area contributed by atoms with E-state index in [0.717, 1.165) is 0 Å². The van der Waals surface area contributed by atoms with Crippen LogP contribution in [-0.2, 0) is 9.53 Å². The summed E-state index contributed by atoms with van der Waals surface area (Å²) in [5.41, 5.74) is 4.81. The Kier molecular flexibility index (Phi) is 3.46. The van der Waals surface area contributed by atoms with Crippen molar-refractivity contribution in [1.82, 2.24) is 0 Å². The van der Waals surface area contributed by atoms with Gasteiger partial charge in [-0.1, -0.05) is 30.3 Å². The fourth-order valence-electron chi connectivity index (χ4n) is 0.831. The molecule has 4 nitrogen and oxygen atoms in total. The van der Waals surface area contributed by atoms with Gasteiger partial charge in [0.15, 0.2) is 0 Å². The van der Waals surface area contributed by atoms with Crippen molar-refractivity contribution >= 4 is 23.5 Å². The van der Waals surface area contributed by atoms with Gasteiger partial charge in [0.1, 0.15) is 5.70 Å². The average molecular weight is 226 g/mol. The minimum Gasteiger partial charge on any atom is -0.393 e. The van der Waals surface area contributed by atoms with Crippen molar-refractivity contribution in [2.24, 2.45) is 5.73 Å². The summed E-state index contributed by atoms with van der Waals surface area (Å²) in [4.78, 5) is 22.3. The summed E-state index contributed by atoms with van der Waals surface area (Å²) in [6.07, 6.45) is 0. The zero-order valence-corrected chi connectivity index (χ0v) is 8.45. The molecule has 0 bridgehead atoms. The number of benzene rings is 1. The van der Waals surface area contributed by atoms with E-state index in [-0.39, 0.29) is 16.3 Å². The molecule has 78 valence electrons. The van der Waals surface area contributed by atoms with E-state index in [4.69, 9.17) is 17.3 Å². The lowest BCUT2D eigenvalue weighted by Crippen LogP contribution is -2.18. The van der Waals surface area contributed by atoms with Crippen LogP contribution in [0.25, 0.3) is 0 Å². The van der Waals surface area contributed by atoms with Crippen molar-refractivity contribution in [3.05, 3.63) is 47.1 Å². The average Bonchev–Trinajstić information content (AvgIpc) is 2.18. The Bertz CT molecular complexity index is 428. The van der Waals surface area contributed by atoms with Crippen LogP contribution in [-0.4, -0.2) is 11.9 Å². The summed E-state index contributed by atoms with van der Waals surface area (Å²) < 4.78 is 4.39. The van der Waals surface area contributed by atoms with E-state index in [9.17, 15) is 9.59 Å². The summed E-state index contributed by atoms with van der Waals surface area (Å²) >= 11 is 5.72. The van der Waals surface area contributed by atoms with Crippen LogP contribution in [0.15, 0.2) is 36.5 Å². The zero-order chi connectivity index (χ0) is 11.4. The van der Waals surface area contributed by atoms with Crippen molar-refractivity contribution in [1.29, 1.82) is 0 Å². The number of rotatable bonds is 2. The van der Waals surface area contributed by atoms with Gasteiger partial charge in [-0.05, 0) is 12.1 Å². The number of hydrogen-bond donors (Lipinski definition) is 1. The SMILES string of the molecule is C=C(N)C(=O)OC(=O)c1ccccc1Cl. The molecule has 0 heterocycles. The molecule has 0 saturated carbocycles. The predicted molar refractivity (Wildman–Crippen MR) is 55.2 cm³/mol. The molecule has 15 heavy (non-hydrogen) atoms. The van der Waals surface area contributed by atoms with Crippen LogP contribution in [0.3, 0.4) is 0 Å². The van der Waals surface area contributed by atoms with Crippen LogP contribution in [0, 0.1) is 0 Å². The molecular formula is C10H8ClNO3. The lowest BCUT2D eigenvalue weighted by molar-refractivity contribution is -0.133. The highest BCUT2D eigenvalue weighted by Crippen LogP contribution is 2.15. The number of carbonyl (C=O) groups excluding carboxylic acids is 2. The van der Waals surface area contributed by atoms with Crippen molar-refractivity contribution in [2.75, 3.05) is 0 Å². The maximum Gasteiger partial charge on any atom is 0.361 e. The van der Waals surface area contributed by atoms with Crippen LogP contribution in [0.5, 0.6) is 0 Å². The highest BCUT2D eigenvalue weighted by molar-refractivity contribution is 6.33. The predicted octanol–water partition coefficient (Wildman–Crippen LogP) is 1.50. The maximum absolute atomic E-state index is 11.4. The van der Waals surface area contributed by atoms with Crippen molar-refractivity contribution in [2.45, 2.75) is 0 Å². The van der Waals surface area contributed by atoms with Gasteiger partial charge in [-0.15, -0.1) is 0 Å². The van der Waals surface area contributed by atoms with E-state index in [2.05, 4.69) is 11.3 Å². The van der Waals surface area contributed by atoms with Gasteiger partial charge in [0.25, 0.3) is 0 Å². The zero-order valence-electron chi connectivity index (χ0n) is 7.70. The van der Waals surface area contributed by atoms with E-state index in [0.29, 0.717) is 0 Å². The highest BCUT2D eigenvalue weighted by Gasteiger charge is 2.16. The molecule has 5 heteroatoms. The summed E-state index contributed by atoms with van der Waals surface area (Å²) in [7, 11) is 0. The van der Waals surface area contributed by atoms with Gasteiger partial charge >= 0.3 is 11.9 Å². The fraction of sp³-hybridized carbons (Fsp3) is 0. The third-order valence-corrected chi connectivity index (χ3v) is 1.87.